The lowest BCUT2D eigenvalue weighted by Crippen LogP contribution is -2.02. The predicted molar refractivity (Wildman–Crippen MR) is 82.3 cm³/mol. The Morgan fingerprint density at radius 2 is 2.15 bits per heavy atom. The van der Waals surface area contributed by atoms with E-state index in [2.05, 4.69) is 24.0 Å². The molecule has 1 fully saturated rings. The summed E-state index contributed by atoms with van der Waals surface area (Å²) in [7, 11) is 0. The van der Waals surface area contributed by atoms with Crippen molar-refractivity contribution in [1.29, 1.82) is 0 Å². The molecule has 0 saturated heterocycles. The molecule has 20 heavy (non-hydrogen) atoms. The quantitative estimate of drug-likeness (QED) is 0.791. The summed E-state index contributed by atoms with van der Waals surface area (Å²) in [6.07, 6.45) is 5.33. The van der Waals surface area contributed by atoms with Gasteiger partial charge in [0.25, 0.3) is 0 Å². The van der Waals surface area contributed by atoms with Crippen LogP contribution in [-0.4, -0.2) is 11.6 Å². The second-order valence-corrected chi connectivity index (χ2v) is 5.73. The topological polar surface area (TPSA) is 22.1 Å². The third-order valence-corrected chi connectivity index (χ3v) is 3.83. The molecule has 0 amide bonds. The summed E-state index contributed by atoms with van der Waals surface area (Å²) in [5.74, 6) is 1.59. The van der Waals surface area contributed by atoms with Crippen molar-refractivity contribution in [3.05, 3.63) is 47.2 Å². The molecule has 1 saturated carbocycles. The number of hydrogen-bond acceptors (Lipinski definition) is 2. The number of benzene rings is 1. The van der Waals surface area contributed by atoms with Gasteiger partial charge in [0.2, 0.25) is 0 Å². The van der Waals surface area contributed by atoms with E-state index in [1.54, 1.807) is 0 Å². The Morgan fingerprint density at radius 1 is 1.30 bits per heavy atom. The maximum absolute atomic E-state index is 6.10. The minimum absolute atomic E-state index is 0.730. The van der Waals surface area contributed by atoms with Crippen molar-refractivity contribution in [1.82, 2.24) is 4.98 Å². The van der Waals surface area contributed by atoms with E-state index in [0.29, 0.717) is 0 Å². The molecule has 1 heterocycles. The lowest BCUT2D eigenvalue weighted by atomic mass is 10.0. The molecular weight excluding hydrogens is 270 g/mol. The van der Waals surface area contributed by atoms with Gasteiger partial charge < -0.3 is 4.74 Å². The Hall–Kier alpha value is -1.54. The first-order valence-electron chi connectivity index (χ1n) is 7.14. The summed E-state index contributed by atoms with van der Waals surface area (Å²) < 4.78 is 5.95. The van der Waals surface area contributed by atoms with Crippen LogP contribution >= 0.6 is 11.6 Å². The summed E-state index contributed by atoms with van der Waals surface area (Å²) in [5, 5.41) is 0.741. The molecule has 0 spiro atoms. The zero-order valence-corrected chi connectivity index (χ0v) is 12.4. The Balaban J connectivity index is 1.95. The van der Waals surface area contributed by atoms with Gasteiger partial charge in [-0.1, -0.05) is 30.7 Å². The largest absolute Gasteiger partial charge is 0.491 e. The molecule has 2 nitrogen and oxygen atoms in total. The van der Waals surface area contributed by atoms with E-state index in [0.717, 1.165) is 46.5 Å². The molecule has 0 N–H and O–H groups in total. The lowest BCUT2D eigenvalue weighted by Gasteiger charge is -2.12. The summed E-state index contributed by atoms with van der Waals surface area (Å²) in [6, 6.07) is 9.99. The van der Waals surface area contributed by atoms with E-state index >= 15 is 0 Å². The molecule has 0 unspecified atom stereocenters. The highest BCUT2D eigenvalue weighted by atomic mass is 35.5. The molecule has 0 radical (unpaired) electrons. The molecule has 3 heteroatoms. The third kappa shape index (κ3) is 3.13. The molecule has 3 rings (SSSR count). The van der Waals surface area contributed by atoms with Gasteiger partial charge in [-0.15, -0.1) is 0 Å². The van der Waals surface area contributed by atoms with Gasteiger partial charge in [-0.25, -0.2) is 0 Å². The van der Waals surface area contributed by atoms with Gasteiger partial charge in [0, 0.05) is 16.3 Å². The minimum atomic E-state index is 0.730. The number of rotatable bonds is 5. The number of aryl methyl sites for hydroxylation is 1. The smallest absolute Gasteiger partial charge is 0.145 e. The van der Waals surface area contributed by atoms with Crippen LogP contribution in [0, 0.1) is 5.92 Å². The van der Waals surface area contributed by atoms with Crippen molar-refractivity contribution in [2.24, 2.45) is 5.92 Å². The highest BCUT2D eigenvalue weighted by molar-refractivity contribution is 6.30. The van der Waals surface area contributed by atoms with Gasteiger partial charge >= 0.3 is 0 Å². The Kier molecular flexibility index (Phi) is 3.93. The number of nitrogens with zero attached hydrogens (tertiary/aromatic N) is 1. The van der Waals surface area contributed by atoms with Crippen molar-refractivity contribution >= 4 is 11.6 Å². The van der Waals surface area contributed by atoms with Crippen LogP contribution < -0.4 is 4.74 Å². The summed E-state index contributed by atoms with van der Waals surface area (Å²) in [5.41, 5.74) is 3.24. The first-order valence-corrected chi connectivity index (χ1v) is 7.51. The standard InChI is InChI=1S/C17H18ClNO/c1-2-15-9-16(13-4-3-5-14(18)8-13)17(10-19-15)20-11-12-6-7-12/h3-5,8-10,12H,2,6-7,11H2,1H3. The molecule has 0 atom stereocenters. The van der Waals surface area contributed by atoms with Crippen molar-refractivity contribution in [3.63, 3.8) is 0 Å². The van der Waals surface area contributed by atoms with Gasteiger partial charge in [0.1, 0.15) is 5.75 Å². The second kappa shape index (κ2) is 5.84. The van der Waals surface area contributed by atoms with E-state index < -0.39 is 0 Å². The van der Waals surface area contributed by atoms with Crippen LogP contribution in [0.2, 0.25) is 5.02 Å². The molecule has 1 aliphatic rings. The third-order valence-electron chi connectivity index (χ3n) is 3.59. The first kappa shape index (κ1) is 13.4. The monoisotopic (exact) mass is 287 g/mol. The van der Waals surface area contributed by atoms with Crippen LogP contribution in [0.15, 0.2) is 36.5 Å². The second-order valence-electron chi connectivity index (χ2n) is 5.29. The van der Waals surface area contributed by atoms with Gasteiger partial charge in [-0.3, -0.25) is 4.98 Å². The van der Waals surface area contributed by atoms with Gasteiger partial charge in [0.05, 0.1) is 12.8 Å². The highest BCUT2D eigenvalue weighted by Crippen LogP contribution is 2.34. The maximum Gasteiger partial charge on any atom is 0.145 e. The van der Waals surface area contributed by atoms with E-state index in [9.17, 15) is 0 Å². The number of pyridine rings is 1. The summed E-state index contributed by atoms with van der Waals surface area (Å²) >= 11 is 6.10. The molecule has 1 aliphatic carbocycles. The zero-order chi connectivity index (χ0) is 13.9. The van der Waals surface area contributed by atoms with Crippen molar-refractivity contribution in [2.45, 2.75) is 26.2 Å². The van der Waals surface area contributed by atoms with Crippen molar-refractivity contribution in [2.75, 3.05) is 6.61 Å². The molecule has 2 aromatic rings. The molecule has 1 aromatic heterocycles. The number of halogens is 1. The van der Waals surface area contributed by atoms with Gasteiger partial charge in [0.15, 0.2) is 0 Å². The number of hydrogen-bond donors (Lipinski definition) is 0. The fraction of sp³-hybridized carbons (Fsp3) is 0.353. The Bertz CT molecular complexity index is 608. The number of ether oxygens (including phenoxy) is 1. The predicted octanol–water partition coefficient (Wildman–Crippen LogP) is 4.75. The van der Waals surface area contributed by atoms with E-state index in [1.807, 2.05) is 24.4 Å². The maximum atomic E-state index is 6.10. The normalized spacial score (nSPS) is 14.3. The van der Waals surface area contributed by atoms with Crippen LogP contribution in [0.5, 0.6) is 5.75 Å². The molecule has 0 aliphatic heterocycles. The Morgan fingerprint density at radius 3 is 2.85 bits per heavy atom. The summed E-state index contributed by atoms with van der Waals surface area (Å²) in [6.45, 7) is 2.90. The average Bonchev–Trinajstić information content (AvgIpc) is 3.29. The molecule has 1 aromatic carbocycles. The fourth-order valence-electron chi connectivity index (χ4n) is 2.17. The molecule has 0 bridgehead atoms. The van der Waals surface area contributed by atoms with Gasteiger partial charge in [-0.05, 0) is 48.9 Å². The van der Waals surface area contributed by atoms with E-state index in [4.69, 9.17) is 16.3 Å². The zero-order valence-electron chi connectivity index (χ0n) is 11.6. The van der Waals surface area contributed by atoms with Crippen LogP contribution in [-0.2, 0) is 6.42 Å². The van der Waals surface area contributed by atoms with E-state index in [1.165, 1.54) is 12.8 Å². The SMILES string of the molecule is CCc1cc(-c2cccc(Cl)c2)c(OCC2CC2)cn1. The average molecular weight is 288 g/mol. The highest BCUT2D eigenvalue weighted by Gasteiger charge is 2.22. The fourth-order valence-corrected chi connectivity index (χ4v) is 2.36. The van der Waals surface area contributed by atoms with E-state index in [-0.39, 0.29) is 0 Å². The summed E-state index contributed by atoms with van der Waals surface area (Å²) in [4.78, 5) is 4.45. The van der Waals surface area contributed by atoms with Crippen molar-refractivity contribution in [3.8, 4) is 16.9 Å². The minimum Gasteiger partial charge on any atom is -0.491 e. The Labute approximate surface area is 124 Å². The van der Waals surface area contributed by atoms with Gasteiger partial charge in [-0.2, -0.15) is 0 Å². The van der Waals surface area contributed by atoms with Crippen LogP contribution in [0.3, 0.4) is 0 Å². The first-order chi connectivity index (χ1) is 9.76. The van der Waals surface area contributed by atoms with Crippen LogP contribution in [0.4, 0.5) is 0 Å². The van der Waals surface area contributed by atoms with Crippen LogP contribution in [0.25, 0.3) is 11.1 Å². The van der Waals surface area contributed by atoms with Crippen molar-refractivity contribution < 1.29 is 4.74 Å². The molecule has 104 valence electrons. The van der Waals surface area contributed by atoms with Crippen LogP contribution in [0.1, 0.15) is 25.5 Å². The lowest BCUT2D eigenvalue weighted by molar-refractivity contribution is 0.299. The number of aromatic nitrogens is 1. The molecular formula is C17H18ClNO.